The number of benzene rings is 5. The third-order valence-electron chi connectivity index (χ3n) is 10.8. The highest BCUT2D eigenvalue weighted by Gasteiger charge is 2.50. The SMILES string of the molecule is CC1(C#N)C=CC2=C(C1)C(c1ccccc1)(c1ccccc1)c1cc(-c3ccc(-c4ccc5nc6c7ccccc7sc6n5c4)cc3)ccc12. The van der Waals surface area contributed by atoms with E-state index in [-0.39, 0.29) is 0 Å². The molecule has 3 nitrogen and oxygen atoms in total. The van der Waals surface area contributed by atoms with Gasteiger partial charge in [0.15, 0.2) is 0 Å². The van der Waals surface area contributed by atoms with Gasteiger partial charge in [-0.1, -0.05) is 127 Å². The molecule has 0 spiro atoms. The fourth-order valence-corrected chi connectivity index (χ4v) is 9.49. The summed E-state index contributed by atoms with van der Waals surface area (Å²) in [6, 6.07) is 53.0. The van der Waals surface area contributed by atoms with Crippen LogP contribution >= 0.6 is 11.3 Å². The van der Waals surface area contributed by atoms with Gasteiger partial charge in [0.05, 0.1) is 16.9 Å². The van der Waals surface area contributed by atoms with Crippen molar-refractivity contribution in [2.75, 3.05) is 0 Å². The molecular weight excluding hydrogens is 627 g/mol. The van der Waals surface area contributed by atoms with Crippen LogP contribution in [0.1, 0.15) is 35.6 Å². The van der Waals surface area contributed by atoms with E-state index in [0.717, 1.165) is 16.7 Å². The maximum Gasteiger partial charge on any atom is 0.138 e. The Morgan fingerprint density at radius 1 is 0.720 bits per heavy atom. The Balaban J connectivity index is 1.10. The Bertz CT molecular complexity index is 2700. The van der Waals surface area contributed by atoms with Crippen LogP contribution in [0.2, 0.25) is 0 Å². The Morgan fingerprint density at radius 3 is 2.08 bits per heavy atom. The van der Waals surface area contributed by atoms with Crippen LogP contribution in [0.3, 0.4) is 0 Å². The van der Waals surface area contributed by atoms with Crippen molar-refractivity contribution in [3.05, 3.63) is 186 Å². The van der Waals surface area contributed by atoms with Crippen LogP contribution in [0.5, 0.6) is 0 Å². The minimum atomic E-state index is -0.573. The number of allylic oxidation sites excluding steroid dienone is 4. The molecule has 8 aromatic rings. The molecular formula is C46H31N3S. The molecule has 1 atom stereocenters. The molecule has 2 aliphatic rings. The number of aromatic nitrogens is 2. The number of hydrogen-bond acceptors (Lipinski definition) is 3. The third kappa shape index (κ3) is 4.11. The molecule has 0 bridgehead atoms. The van der Waals surface area contributed by atoms with Crippen LogP contribution < -0.4 is 0 Å². The predicted octanol–water partition coefficient (Wildman–Crippen LogP) is 11.6. The zero-order valence-corrected chi connectivity index (χ0v) is 28.3. The zero-order valence-electron chi connectivity index (χ0n) is 27.5. The summed E-state index contributed by atoms with van der Waals surface area (Å²) in [6.07, 6.45) is 7.19. The normalized spacial score (nSPS) is 17.7. The molecule has 0 amide bonds. The second-order valence-electron chi connectivity index (χ2n) is 13.8. The summed E-state index contributed by atoms with van der Waals surface area (Å²) >= 11 is 1.79. The van der Waals surface area contributed by atoms with E-state index in [9.17, 15) is 5.26 Å². The molecule has 0 saturated heterocycles. The predicted molar refractivity (Wildman–Crippen MR) is 206 cm³/mol. The monoisotopic (exact) mass is 657 g/mol. The molecule has 50 heavy (non-hydrogen) atoms. The van der Waals surface area contributed by atoms with Gasteiger partial charge in [0.25, 0.3) is 0 Å². The third-order valence-corrected chi connectivity index (χ3v) is 12.0. The molecule has 0 saturated carbocycles. The summed E-state index contributed by atoms with van der Waals surface area (Å²) in [6.45, 7) is 2.06. The first-order chi connectivity index (χ1) is 24.6. The van der Waals surface area contributed by atoms with Gasteiger partial charge >= 0.3 is 0 Å². The molecule has 4 heteroatoms. The van der Waals surface area contributed by atoms with E-state index in [1.54, 1.807) is 11.3 Å². The van der Waals surface area contributed by atoms with E-state index < -0.39 is 10.8 Å². The molecule has 0 radical (unpaired) electrons. The Hall–Kier alpha value is -6.02. The standard InChI is InChI=1S/C46H31N3S/c1-45(29-47)25-24-37-36-22-20-32(26-39(36)46(40(37)27-45,34-10-4-2-5-11-34)35-12-6-3-7-13-35)30-16-18-31(19-17-30)33-21-23-42-48-43-38-14-8-9-15-41(38)50-44(43)49(42)28-33/h2-26,28H,27H2,1H3. The van der Waals surface area contributed by atoms with Crippen molar-refractivity contribution < 1.29 is 0 Å². The number of pyridine rings is 1. The highest BCUT2D eigenvalue weighted by Crippen LogP contribution is 2.59. The van der Waals surface area contributed by atoms with Crippen molar-refractivity contribution in [3.8, 4) is 28.3 Å². The maximum absolute atomic E-state index is 10.3. The summed E-state index contributed by atoms with van der Waals surface area (Å²) in [7, 11) is 0. The van der Waals surface area contributed by atoms with Gasteiger partial charge in [0.2, 0.25) is 0 Å². The lowest BCUT2D eigenvalue weighted by atomic mass is 9.63. The van der Waals surface area contributed by atoms with Crippen LogP contribution in [0.4, 0.5) is 0 Å². The number of fused-ring (bicyclic) bond motifs is 7. The van der Waals surface area contributed by atoms with Gasteiger partial charge in [-0.05, 0) is 93.3 Å². The second kappa shape index (κ2) is 10.7. The van der Waals surface area contributed by atoms with Crippen molar-refractivity contribution in [2.45, 2.75) is 18.8 Å². The Morgan fingerprint density at radius 2 is 1.36 bits per heavy atom. The molecule has 0 N–H and O–H groups in total. The molecule has 236 valence electrons. The summed E-state index contributed by atoms with van der Waals surface area (Å²) in [5.74, 6) is 0. The van der Waals surface area contributed by atoms with Crippen molar-refractivity contribution in [3.63, 3.8) is 0 Å². The number of thiophene rings is 1. The summed E-state index contributed by atoms with van der Waals surface area (Å²) < 4.78 is 3.50. The Kier molecular flexibility index (Phi) is 6.22. The lowest BCUT2D eigenvalue weighted by Gasteiger charge is -2.38. The average Bonchev–Trinajstić information content (AvgIpc) is 3.81. The first-order valence-electron chi connectivity index (χ1n) is 17.1. The average molecular weight is 658 g/mol. The second-order valence-corrected chi connectivity index (χ2v) is 14.8. The Labute approximate surface area is 294 Å². The van der Waals surface area contributed by atoms with E-state index >= 15 is 0 Å². The highest BCUT2D eigenvalue weighted by atomic mass is 32.1. The van der Waals surface area contributed by atoms with Crippen LogP contribution in [0.25, 0.3) is 53.9 Å². The molecule has 0 fully saturated rings. The lowest BCUT2D eigenvalue weighted by Crippen LogP contribution is -2.32. The largest absolute Gasteiger partial charge is 0.290 e. The molecule has 3 heterocycles. The fourth-order valence-electron chi connectivity index (χ4n) is 8.36. The number of nitriles is 1. The van der Waals surface area contributed by atoms with Gasteiger partial charge in [-0.3, -0.25) is 4.40 Å². The van der Waals surface area contributed by atoms with Gasteiger partial charge in [0.1, 0.15) is 16.0 Å². The van der Waals surface area contributed by atoms with E-state index in [2.05, 4.69) is 175 Å². The smallest absolute Gasteiger partial charge is 0.138 e. The van der Waals surface area contributed by atoms with Gasteiger partial charge in [-0.25, -0.2) is 4.98 Å². The van der Waals surface area contributed by atoms with Gasteiger partial charge in [0, 0.05) is 16.3 Å². The van der Waals surface area contributed by atoms with E-state index in [4.69, 9.17) is 4.98 Å². The van der Waals surface area contributed by atoms with E-state index in [1.165, 1.54) is 65.0 Å². The number of imidazole rings is 1. The van der Waals surface area contributed by atoms with Crippen molar-refractivity contribution >= 4 is 43.0 Å². The molecule has 1 unspecified atom stereocenters. The number of hydrogen-bond donors (Lipinski definition) is 0. The van der Waals surface area contributed by atoms with Crippen LogP contribution in [0, 0.1) is 16.7 Å². The van der Waals surface area contributed by atoms with Gasteiger partial charge in [-0.2, -0.15) is 5.26 Å². The first-order valence-corrected chi connectivity index (χ1v) is 17.9. The van der Waals surface area contributed by atoms with Crippen LogP contribution in [0.15, 0.2) is 163 Å². The lowest BCUT2D eigenvalue weighted by molar-refractivity contribution is 0.521. The fraction of sp³-hybridized carbons (Fsp3) is 0.0870. The molecule has 2 aliphatic carbocycles. The quantitative estimate of drug-likeness (QED) is 0.189. The van der Waals surface area contributed by atoms with E-state index in [1.807, 2.05) is 0 Å². The zero-order chi connectivity index (χ0) is 33.5. The minimum Gasteiger partial charge on any atom is -0.290 e. The highest BCUT2D eigenvalue weighted by molar-refractivity contribution is 7.25. The van der Waals surface area contributed by atoms with Gasteiger partial charge < -0.3 is 0 Å². The maximum atomic E-state index is 10.3. The summed E-state index contributed by atoms with van der Waals surface area (Å²) in [5, 5.41) is 11.5. The summed E-state index contributed by atoms with van der Waals surface area (Å²) in [5.41, 5.74) is 13.1. The number of rotatable bonds is 4. The minimum absolute atomic E-state index is 0.510. The summed E-state index contributed by atoms with van der Waals surface area (Å²) in [4.78, 5) is 6.15. The topological polar surface area (TPSA) is 41.1 Å². The van der Waals surface area contributed by atoms with Crippen LogP contribution in [-0.4, -0.2) is 9.38 Å². The van der Waals surface area contributed by atoms with Crippen LogP contribution in [-0.2, 0) is 5.41 Å². The molecule has 3 aromatic heterocycles. The van der Waals surface area contributed by atoms with Crippen molar-refractivity contribution in [1.82, 2.24) is 9.38 Å². The van der Waals surface area contributed by atoms with Gasteiger partial charge in [-0.15, -0.1) is 11.3 Å². The molecule has 5 aromatic carbocycles. The molecule has 0 aliphatic heterocycles. The van der Waals surface area contributed by atoms with E-state index in [0.29, 0.717) is 6.42 Å². The first kappa shape index (κ1) is 28.9. The number of nitrogens with zero attached hydrogens (tertiary/aromatic N) is 3. The van der Waals surface area contributed by atoms with Crippen molar-refractivity contribution in [2.24, 2.45) is 5.41 Å². The van der Waals surface area contributed by atoms with Crippen molar-refractivity contribution in [1.29, 1.82) is 5.26 Å². The molecule has 10 rings (SSSR count).